The number of rotatable bonds is 8. The highest BCUT2D eigenvalue weighted by Gasteiger charge is 2.21. The number of hydrogen-bond donors (Lipinski definition) is 2. The molecule has 1 aliphatic rings. The van der Waals surface area contributed by atoms with E-state index in [4.69, 9.17) is 0 Å². The fourth-order valence-corrected chi connectivity index (χ4v) is 3.01. The number of aliphatic imine (C=N–C) groups is 1. The SMILES string of the molecule is C=CCNC(=NCc1ccc([N+](=O)[O-])cc1)N1CCN(CC(=O)NC(C)C)CC1.I. The second-order valence-corrected chi connectivity index (χ2v) is 7.22. The first-order chi connectivity index (χ1) is 13.9. The number of nitrogens with one attached hydrogen (secondary N) is 2. The van der Waals surface area contributed by atoms with Crippen molar-refractivity contribution in [2.75, 3.05) is 39.3 Å². The second-order valence-electron chi connectivity index (χ2n) is 7.22. The summed E-state index contributed by atoms with van der Waals surface area (Å²) >= 11 is 0. The molecular formula is C20H31IN6O3. The van der Waals surface area contributed by atoms with Crippen LogP contribution in [0, 0.1) is 10.1 Å². The first-order valence-corrected chi connectivity index (χ1v) is 9.78. The van der Waals surface area contributed by atoms with Gasteiger partial charge in [0.1, 0.15) is 0 Å². The Labute approximate surface area is 194 Å². The van der Waals surface area contributed by atoms with Crippen molar-refractivity contribution < 1.29 is 9.72 Å². The number of guanidine groups is 1. The minimum atomic E-state index is -0.412. The lowest BCUT2D eigenvalue weighted by atomic mass is 10.2. The summed E-state index contributed by atoms with van der Waals surface area (Å²) in [7, 11) is 0. The third-order valence-corrected chi connectivity index (χ3v) is 4.45. The van der Waals surface area contributed by atoms with Gasteiger partial charge in [-0.15, -0.1) is 30.6 Å². The van der Waals surface area contributed by atoms with E-state index < -0.39 is 4.92 Å². The molecular weight excluding hydrogens is 499 g/mol. The number of piperazine rings is 1. The summed E-state index contributed by atoms with van der Waals surface area (Å²) in [5, 5.41) is 17.0. The number of hydrogen-bond acceptors (Lipinski definition) is 5. The van der Waals surface area contributed by atoms with Gasteiger partial charge in [-0.1, -0.05) is 18.2 Å². The van der Waals surface area contributed by atoms with Crippen LogP contribution < -0.4 is 10.6 Å². The fourth-order valence-electron chi connectivity index (χ4n) is 3.01. The molecule has 0 unspecified atom stereocenters. The van der Waals surface area contributed by atoms with E-state index in [2.05, 4.69) is 32.0 Å². The van der Waals surface area contributed by atoms with Crippen molar-refractivity contribution in [1.82, 2.24) is 20.4 Å². The van der Waals surface area contributed by atoms with Crippen LogP contribution in [0.1, 0.15) is 19.4 Å². The van der Waals surface area contributed by atoms with Gasteiger partial charge in [0.25, 0.3) is 5.69 Å². The lowest BCUT2D eigenvalue weighted by Gasteiger charge is -2.36. The van der Waals surface area contributed by atoms with Crippen LogP contribution in [0.15, 0.2) is 41.9 Å². The standard InChI is InChI=1S/C20H30N6O3.HI/c1-4-9-21-20(22-14-17-5-7-18(8-6-17)26(28)29)25-12-10-24(11-13-25)15-19(27)23-16(2)3;/h4-8,16H,1,9-15H2,2-3H3,(H,21,22)(H,23,27);1H. The van der Waals surface area contributed by atoms with Crippen molar-refractivity contribution in [3.05, 3.63) is 52.6 Å². The molecule has 10 heteroatoms. The normalized spacial score (nSPS) is 14.8. The first-order valence-electron chi connectivity index (χ1n) is 9.78. The molecule has 0 spiro atoms. The third kappa shape index (κ3) is 8.66. The number of nitro groups is 1. The second kappa shape index (κ2) is 13.2. The zero-order valence-electron chi connectivity index (χ0n) is 17.5. The summed E-state index contributed by atoms with van der Waals surface area (Å²) in [6, 6.07) is 6.56. The topological polar surface area (TPSA) is 103 Å². The minimum absolute atomic E-state index is 0. The van der Waals surface area contributed by atoms with Gasteiger partial charge in [0.05, 0.1) is 18.0 Å². The van der Waals surface area contributed by atoms with E-state index in [9.17, 15) is 14.9 Å². The molecule has 0 radical (unpaired) electrons. The molecule has 30 heavy (non-hydrogen) atoms. The Morgan fingerprint density at radius 3 is 2.43 bits per heavy atom. The number of carbonyl (C=O) groups excluding carboxylic acids is 1. The van der Waals surface area contributed by atoms with Crippen LogP contribution in [0.4, 0.5) is 5.69 Å². The summed E-state index contributed by atoms with van der Waals surface area (Å²) in [6.45, 7) is 12.1. The Morgan fingerprint density at radius 2 is 1.90 bits per heavy atom. The Balaban J connectivity index is 0.00000450. The van der Waals surface area contributed by atoms with Crippen LogP contribution in [0.5, 0.6) is 0 Å². The molecule has 0 aromatic heterocycles. The lowest BCUT2D eigenvalue weighted by Crippen LogP contribution is -2.54. The van der Waals surface area contributed by atoms with Crippen LogP contribution in [-0.4, -0.2) is 71.9 Å². The maximum Gasteiger partial charge on any atom is 0.269 e. The third-order valence-electron chi connectivity index (χ3n) is 4.45. The largest absolute Gasteiger partial charge is 0.353 e. The molecule has 1 aromatic rings. The van der Waals surface area contributed by atoms with E-state index in [1.807, 2.05) is 13.8 Å². The molecule has 2 rings (SSSR count). The molecule has 0 aliphatic carbocycles. The van der Waals surface area contributed by atoms with Crippen LogP contribution >= 0.6 is 24.0 Å². The van der Waals surface area contributed by atoms with Crippen LogP contribution in [0.2, 0.25) is 0 Å². The summed E-state index contributed by atoms with van der Waals surface area (Å²) in [5.74, 6) is 0.819. The van der Waals surface area contributed by atoms with Gasteiger partial charge < -0.3 is 15.5 Å². The van der Waals surface area contributed by atoms with E-state index in [0.29, 0.717) is 19.6 Å². The van der Waals surface area contributed by atoms with Crippen molar-refractivity contribution in [1.29, 1.82) is 0 Å². The monoisotopic (exact) mass is 530 g/mol. The van der Waals surface area contributed by atoms with Crippen LogP contribution in [-0.2, 0) is 11.3 Å². The quantitative estimate of drug-likeness (QED) is 0.133. The van der Waals surface area contributed by atoms with Gasteiger partial charge in [-0.25, -0.2) is 4.99 Å². The molecule has 0 bridgehead atoms. The molecule has 2 N–H and O–H groups in total. The van der Waals surface area contributed by atoms with Crippen molar-refractivity contribution in [3.8, 4) is 0 Å². The summed E-state index contributed by atoms with van der Waals surface area (Å²) in [6.07, 6.45) is 1.77. The van der Waals surface area contributed by atoms with Gasteiger partial charge in [0.15, 0.2) is 5.96 Å². The molecule has 9 nitrogen and oxygen atoms in total. The van der Waals surface area contributed by atoms with Gasteiger partial charge in [0.2, 0.25) is 5.91 Å². The zero-order valence-corrected chi connectivity index (χ0v) is 19.9. The maximum absolute atomic E-state index is 11.9. The summed E-state index contributed by atoms with van der Waals surface area (Å²) in [5.41, 5.74) is 0.970. The van der Waals surface area contributed by atoms with E-state index in [-0.39, 0.29) is 41.6 Å². The van der Waals surface area contributed by atoms with Crippen molar-refractivity contribution in [3.63, 3.8) is 0 Å². The van der Waals surface area contributed by atoms with E-state index >= 15 is 0 Å². The maximum atomic E-state index is 11.9. The Hall–Kier alpha value is -2.21. The van der Waals surface area contributed by atoms with Gasteiger partial charge in [-0.05, 0) is 19.4 Å². The molecule has 1 saturated heterocycles. The van der Waals surface area contributed by atoms with E-state index in [1.165, 1.54) is 12.1 Å². The average molecular weight is 530 g/mol. The minimum Gasteiger partial charge on any atom is -0.353 e. The predicted octanol–water partition coefficient (Wildman–Crippen LogP) is 1.99. The van der Waals surface area contributed by atoms with Crippen molar-refractivity contribution >= 4 is 41.5 Å². The summed E-state index contributed by atoms with van der Waals surface area (Å²) < 4.78 is 0. The number of benzene rings is 1. The molecule has 1 aliphatic heterocycles. The van der Waals surface area contributed by atoms with Crippen LogP contribution in [0.3, 0.4) is 0 Å². The zero-order chi connectivity index (χ0) is 21.2. The van der Waals surface area contributed by atoms with Gasteiger partial charge in [-0.2, -0.15) is 0 Å². The highest BCUT2D eigenvalue weighted by molar-refractivity contribution is 14.0. The smallest absolute Gasteiger partial charge is 0.269 e. The van der Waals surface area contributed by atoms with Gasteiger partial charge in [0, 0.05) is 50.9 Å². The highest BCUT2D eigenvalue weighted by Crippen LogP contribution is 2.13. The fraction of sp³-hybridized carbons (Fsp3) is 0.500. The number of nitrogens with zero attached hydrogens (tertiary/aromatic N) is 4. The lowest BCUT2D eigenvalue weighted by molar-refractivity contribution is -0.384. The Bertz CT molecular complexity index is 731. The number of non-ortho nitro benzene ring substituents is 1. The van der Waals surface area contributed by atoms with Gasteiger partial charge >= 0.3 is 0 Å². The Morgan fingerprint density at radius 1 is 1.27 bits per heavy atom. The first kappa shape index (κ1) is 25.8. The number of nitro benzene ring substituents is 1. The number of amides is 1. The molecule has 0 atom stereocenters. The van der Waals surface area contributed by atoms with Crippen molar-refractivity contribution in [2.45, 2.75) is 26.4 Å². The molecule has 0 saturated carbocycles. The highest BCUT2D eigenvalue weighted by atomic mass is 127. The molecule has 1 amide bonds. The average Bonchev–Trinajstić information content (AvgIpc) is 2.68. The van der Waals surface area contributed by atoms with E-state index in [0.717, 1.165) is 37.7 Å². The van der Waals surface area contributed by atoms with Crippen LogP contribution in [0.25, 0.3) is 0 Å². The number of carbonyl (C=O) groups is 1. The molecule has 166 valence electrons. The molecule has 1 fully saturated rings. The predicted molar refractivity (Wildman–Crippen MR) is 129 cm³/mol. The number of halogens is 1. The Kier molecular flexibility index (Phi) is 11.3. The molecule has 1 aromatic carbocycles. The van der Waals surface area contributed by atoms with Gasteiger partial charge in [-0.3, -0.25) is 19.8 Å². The van der Waals surface area contributed by atoms with Crippen molar-refractivity contribution in [2.24, 2.45) is 4.99 Å². The molecule has 1 heterocycles. The summed E-state index contributed by atoms with van der Waals surface area (Å²) in [4.78, 5) is 31.3. The van der Waals surface area contributed by atoms with E-state index in [1.54, 1.807) is 18.2 Å².